The number of rotatable bonds is 4. The van der Waals surface area contributed by atoms with Crippen LogP contribution in [0.1, 0.15) is 37.4 Å². The summed E-state index contributed by atoms with van der Waals surface area (Å²) in [5.74, 6) is 1.14. The van der Waals surface area contributed by atoms with Gasteiger partial charge in [0.05, 0.1) is 11.1 Å². The molecule has 0 radical (unpaired) electrons. The van der Waals surface area contributed by atoms with E-state index in [9.17, 15) is 4.79 Å². The third-order valence-electron chi connectivity index (χ3n) is 4.16. The molecule has 1 aliphatic rings. The summed E-state index contributed by atoms with van der Waals surface area (Å²) in [5.41, 5.74) is 1.78. The average Bonchev–Trinajstić information content (AvgIpc) is 2.52. The molecule has 0 unspecified atom stereocenters. The molecule has 0 spiro atoms. The molecule has 2 aromatic rings. The van der Waals surface area contributed by atoms with Crippen molar-refractivity contribution in [3.63, 3.8) is 0 Å². The quantitative estimate of drug-likeness (QED) is 0.877. The molecule has 1 atom stereocenters. The lowest BCUT2D eigenvalue weighted by Gasteiger charge is -2.38. The van der Waals surface area contributed by atoms with Gasteiger partial charge in [-0.1, -0.05) is 35.9 Å². The fourth-order valence-electron chi connectivity index (χ4n) is 3.03. The van der Waals surface area contributed by atoms with Crippen LogP contribution >= 0.6 is 11.6 Å². The van der Waals surface area contributed by atoms with Crippen molar-refractivity contribution in [2.45, 2.75) is 38.8 Å². The Morgan fingerprint density at radius 2 is 2.08 bits per heavy atom. The SMILES string of the molecule is Cc1ccc2c(c1)OC(C)(C)C[C@H]2NC(=O)COc1ccccc1Cl. The number of hydrogen-bond acceptors (Lipinski definition) is 3. The highest BCUT2D eigenvalue weighted by Crippen LogP contribution is 2.39. The van der Waals surface area contributed by atoms with E-state index in [1.165, 1.54) is 0 Å². The summed E-state index contributed by atoms with van der Waals surface area (Å²) in [5, 5.41) is 3.54. The second-order valence-electron chi connectivity index (χ2n) is 6.95. The number of benzene rings is 2. The Bertz CT molecular complexity index is 788. The molecule has 132 valence electrons. The molecule has 2 aromatic carbocycles. The van der Waals surface area contributed by atoms with Crippen LogP contribution in [0.5, 0.6) is 11.5 Å². The molecule has 0 bridgehead atoms. The second-order valence-corrected chi connectivity index (χ2v) is 7.35. The van der Waals surface area contributed by atoms with Crippen molar-refractivity contribution in [1.29, 1.82) is 0 Å². The van der Waals surface area contributed by atoms with Gasteiger partial charge in [0.2, 0.25) is 0 Å². The van der Waals surface area contributed by atoms with Crippen LogP contribution in [0.4, 0.5) is 0 Å². The van der Waals surface area contributed by atoms with Crippen LogP contribution in [0, 0.1) is 6.92 Å². The summed E-state index contributed by atoms with van der Waals surface area (Å²) in [6, 6.07) is 13.0. The molecule has 1 aliphatic heterocycles. The minimum absolute atomic E-state index is 0.0806. The zero-order chi connectivity index (χ0) is 18.0. The van der Waals surface area contributed by atoms with E-state index in [0.717, 1.165) is 16.9 Å². The van der Waals surface area contributed by atoms with Crippen molar-refractivity contribution < 1.29 is 14.3 Å². The van der Waals surface area contributed by atoms with E-state index in [1.807, 2.05) is 51.1 Å². The van der Waals surface area contributed by atoms with Crippen molar-refractivity contribution >= 4 is 17.5 Å². The van der Waals surface area contributed by atoms with Crippen molar-refractivity contribution in [1.82, 2.24) is 5.32 Å². The predicted molar refractivity (Wildman–Crippen MR) is 98.3 cm³/mol. The smallest absolute Gasteiger partial charge is 0.258 e. The van der Waals surface area contributed by atoms with Crippen LogP contribution in [0.3, 0.4) is 0 Å². The van der Waals surface area contributed by atoms with E-state index >= 15 is 0 Å². The first-order chi connectivity index (χ1) is 11.8. The first kappa shape index (κ1) is 17.6. The molecule has 0 fully saturated rings. The number of amides is 1. The van der Waals surface area contributed by atoms with Crippen molar-refractivity contribution in [3.05, 3.63) is 58.6 Å². The number of ether oxygens (including phenoxy) is 2. The highest BCUT2D eigenvalue weighted by atomic mass is 35.5. The van der Waals surface area contributed by atoms with Crippen molar-refractivity contribution in [2.75, 3.05) is 6.61 Å². The molecular formula is C20H22ClNO3. The maximum absolute atomic E-state index is 12.4. The van der Waals surface area contributed by atoms with Gasteiger partial charge < -0.3 is 14.8 Å². The van der Waals surface area contributed by atoms with Gasteiger partial charge in [-0.05, 0) is 44.5 Å². The minimum Gasteiger partial charge on any atom is -0.487 e. The fourth-order valence-corrected chi connectivity index (χ4v) is 3.22. The predicted octanol–water partition coefficient (Wildman–Crippen LogP) is 4.45. The summed E-state index contributed by atoms with van der Waals surface area (Å²) >= 11 is 6.05. The maximum Gasteiger partial charge on any atom is 0.258 e. The molecule has 0 saturated heterocycles. The number of halogens is 1. The molecule has 3 rings (SSSR count). The summed E-state index contributed by atoms with van der Waals surface area (Å²) in [6.07, 6.45) is 0.695. The first-order valence-electron chi connectivity index (χ1n) is 8.30. The fraction of sp³-hybridized carbons (Fsp3) is 0.350. The highest BCUT2D eigenvalue weighted by molar-refractivity contribution is 6.32. The number of nitrogens with one attached hydrogen (secondary N) is 1. The molecular weight excluding hydrogens is 338 g/mol. The number of aryl methyl sites for hydroxylation is 1. The monoisotopic (exact) mass is 359 g/mol. The van der Waals surface area contributed by atoms with E-state index in [2.05, 4.69) is 5.32 Å². The summed E-state index contributed by atoms with van der Waals surface area (Å²) in [7, 11) is 0. The Balaban J connectivity index is 1.70. The largest absolute Gasteiger partial charge is 0.487 e. The van der Waals surface area contributed by atoms with Crippen LogP contribution in [-0.4, -0.2) is 18.1 Å². The lowest BCUT2D eigenvalue weighted by atomic mass is 9.89. The molecule has 1 N–H and O–H groups in total. The lowest BCUT2D eigenvalue weighted by Crippen LogP contribution is -2.42. The standard InChI is InChI=1S/C20H22ClNO3/c1-13-8-9-14-16(11-20(2,3)25-18(14)10-13)22-19(23)12-24-17-7-5-4-6-15(17)21/h4-10,16H,11-12H2,1-3H3,(H,22,23)/t16-/m1/s1. The van der Waals surface area contributed by atoms with Gasteiger partial charge in [0, 0.05) is 12.0 Å². The number of para-hydroxylation sites is 1. The van der Waals surface area contributed by atoms with Gasteiger partial charge in [0.1, 0.15) is 17.1 Å². The Hall–Kier alpha value is -2.20. The summed E-state index contributed by atoms with van der Waals surface area (Å²) in [4.78, 5) is 12.4. The van der Waals surface area contributed by atoms with Gasteiger partial charge in [0.25, 0.3) is 5.91 Å². The molecule has 5 heteroatoms. The van der Waals surface area contributed by atoms with Gasteiger partial charge in [-0.25, -0.2) is 0 Å². The topological polar surface area (TPSA) is 47.6 Å². The van der Waals surface area contributed by atoms with E-state index < -0.39 is 0 Å². The highest BCUT2D eigenvalue weighted by Gasteiger charge is 2.34. The van der Waals surface area contributed by atoms with E-state index in [-0.39, 0.29) is 24.2 Å². The van der Waals surface area contributed by atoms with Crippen molar-refractivity contribution in [3.8, 4) is 11.5 Å². The van der Waals surface area contributed by atoms with E-state index in [1.54, 1.807) is 12.1 Å². The molecule has 4 nitrogen and oxygen atoms in total. The first-order valence-corrected chi connectivity index (χ1v) is 8.68. The third kappa shape index (κ3) is 4.26. The lowest BCUT2D eigenvalue weighted by molar-refractivity contribution is -0.124. The molecule has 1 amide bonds. The van der Waals surface area contributed by atoms with Crippen LogP contribution in [0.2, 0.25) is 5.02 Å². The Morgan fingerprint density at radius 3 is 2.84 bits per heavy atom. The van der Waals surface area contributed by atoms with Gasteiger partial charge in [0.15, 0.2) is 6.61 Å². The van der Waals surface area contributed by atoms with E-state index in [0.29, 0.717) is 17.2 Å². The zero-order valence-electron chi connectivity index (χ0n) is 14.6. The van der Waals surface area contributed by atoms with Gasteiger partial charge in [-0.15, -0.1) is 0 Å². The van der Waals surface area contributed by atoms with E-state index in [4.69, 9.17) is 21.1 Å². The Morgan fingerprint density at radius 1 is 1.32 bits per heavy atom. The molecule has 0 aromatic heterocycles. The zero-order valence-corrected chi connectivity index (χ0v) is 15.4. The van der Waals surface area contributed by atoms with Crippen LogP contribution in [0.15, 0.2) is 42.5 Å². The van der Waals surface area contributed by atoms with Crippen LogP contribution < -0.4 is 14.8 Å². The number of fused-ring (bicyclic) bond motifs is 1. The van der Waals surface area contributed by atoms with Crippen LogP contribution in [0.25, 0.3) is 0 Å². The second kappa shape index (κ2) is 6.96. The number of hydrogen-bond donors (Lipinski definition) is 1. The number of carbonyl (C=O) groups excluding carboxylic acids is 1. The third-order valence-corrected chi connectivity index (χ3v) is 4.47. The van der Waals surface area contributed by atoms with Gasteiger partial charge >= 0.3 is 0 Å². The summed E-state index contributed by atoms with van der Waals surface area (Å²) in [6.45, 7) is 5.99. The maximum atomic E-state index is 12.4. The molecule has 1 heterocycles. The van der Waals surface area contributed by atoms with Gasteiger partial charge in [-0.3, -0.25) is 4.79 Å². The Kier molecular flexibility index (Phi) is 4.91. The van der Waals surface area contributed by atoms with Gasteiger partial charge in [-0.2, -0.15) is 0 Å². The molecule has 25 heavy (non-hydrogen) atoms. The van der Waals surface area contributed by atoms with Crippen LogP contribution in [-0.2, 0) is 4.79 Å². The Labute approximate surface area is 153 Å². The minimum atomic E-state index is -0.345. The normalized spacial score (nSPS) is 18.0. The molecule has 0 saturated carbocycles. The number of carbonyl (C=O) groups is 1. The molecule has 0 aliphatic carbocycles. The van der Waals surface area contributed by atoms with Crippen molar-refractivity contribution in [2.24, 2.45) is 0 Å². The average molecular weight is 360 g/mol. The summed E-state index contributed by atoms with van der Waals surface area (Å²) < 4.78 is 11.6.